The number of carbonyl (C=O) groups is 2. The summed E-state index contributed by atoms with van der Waals surface area (Å²) in [7, 11) is -4.89. The second-order valence-corrected chi connectivity index (χ2v) is 16.9. The first-order valence-corrected chi connectivity index (χ1v) is 18.9. The van der Waals surface area contributed by atoms with Gasteiger partial charge in [-0.25, -0.2) is 9.59 Å². The van der Waals surface area contributed by atoms with E-state index in [9.17, 15) is 18.0 Å². The smallest absolute Gasteiger partial charge is 0.423 e. The van der Waals surface area contributed by atoms with Crippen molar-refractivity contribution in [3.63, 3.8) is 0 Å². The average Bonchev–Trinajstić information content (AvgIpc) is 3.52. The largest absolute Gasteiger partial charge is 0.442 e. The summed E-state index contributed by atoms with van der Waals surface area (Å²) < 4.78 is 50.2. The molecule has 4 aliphatic carbocycles. The minimum Gasteiger partial charge on any atom is -0.423 e. The molecule has 8 fully saturated rings. The molecule has 2 aromatic heterocycles. The monoisotopic (exact) mass is 700 g/mol. The van der Waals surface area contributed by atoms with Crippen LogP contribution in [0.15, 0.2) is 8.83 Å². The first kappa shape index (κ1) is 30.4. The number of piperidine rings is 2. The molecule has 8 aliphatic rings. The lowest BCUT2D eigenvalue weighted by atomic mass is 9.85. The van der Waals surface area contributed by atoms with Crippen molar-refractivity contribution in [3.05, 3.63) is 23.6 Å². The molecule has 2 spiro atoms. The van der Waals surface area contributed by atoms with Gasteiger partial charge in [0.15, 0.2) is 0 Å². The molecule has 4 amide bonds. The van der Waals surface area contributed by atoms with Crippen LogP contribution < -0.4 is 11.5 Å². The minimum absolute atomic E-state index is 0.0916. The summed E-state index contributed by atoms with van der Waals surface area (Å²) in [6.45, 7) is 0.488. The van der Waals surface area contributed by atoms with Crippen LogP contribution in [-0.2, 0) is 19.0 Å². The summed E-state index contributed by atoms with van der Waals surface area (Å²) >= 11 is 0. The molecule has 4 bridgehead atoms. The van der Waals surface area contributed by atoms with Gasteiger partial charge in [0.05, 0.1) is 12.1 Å². The van der Waals surface area contributed by atoms with E-state index in [0.717, 1.165) is 74.3 Å². The quantitative estimate of drug-likeness (QED) is 0.402. The van der Waals surface area contributed by atoms with E-state index in [0.29, 0.717) is 36.4 Å². The molecule has 18 nitrogen and oxygen atoms in total. The normalized spacial score (nSPS) is 37.0. The molecule has 19 heteroatoms. The summed E-state index contributed by atoms with van der Waals surface area (Å²) in [4.78, 5) is 30.6. The maximum atomic E-state index is 13.8. The fourth-order valence-electron chi connectivity index (χ4n) is 9.65. The van der Waals surface area contributed by atoms with Gasteiger partial charge < -0.3 is 30.1 Å². The summed E-state index contributed by atoms with van der Waals surface area (Å²) in [5.74, 6) is 1.90. The van der Waals surface area contributed by atoms with E-state index < -0.39 is 46.6 Å². The Morgan fingerprint density at radius 1 is 0.653 bits per heavy atom. The Hall–Kier alpha value is -3.39. The highest BCUT2D eigenvalue weighted by molar-refractivity contribution is 7.81. The Labute approximate surface area is 282 Å². The number of carbonyl (C=O) groups excluding carboxylic acids is 2. The van der Waals surface area contributed by atoms with Crippen molar-refractivity contribution in [3.8, 4) is 0 Å². The lowest BCUT2D eigenvalue weighted by molar-refractivity contribution is -0.101. The molecule has 4 aliphatic heterocycles. The summed E-state index contributed by atoms with van der Waals surface area (Å²) in [5, 5.41) is 19.0. The molecule has 0 unspecified atom stereocenters. The van der Waals surface area contributed by atoms with E-state index in [1.807, 2.05) is 0 Å². The third-order valence-corrected chi connectivity index (χ3v) is 13.5. The second-order valence-electron chi connectivity index (χ2n) is 15.8. The van der Waals surface area contributed by atoms with Crippen molar-refractivity contribution >= 4 is 22.5 Å². The van der Waals surface area contributed by atoms with E-state index >= 15 is 0 Å². The van der Waals surface area contributed by atoms with Gasteiger partial charge in [-0.1, -0.05) is 0 Å². The van der Waals surface area contributed by atoms with Gasteiger partial charge >= 0.3 is 22.5 Å². The number of urea groups is 2. The molecule has 2 aromatic rings. The van der Waals surface area contributed by atoms with Crippen LogP contribution >= 0.6 is 0 Å². The Morgan fingerprint density at radius 2 is 1.06 bits per heavy atom. The number of nitrogens with zero attached hydrogens (tertiary/aromatic N) is 8. The highest BCUT2D eigenvalue weighted by Crippen LogP contribution is 2.63. The van der Waals surface area contributed by atoms with E-state index in [4.69, 9.17) is 28.9 Å². The molecule has 4 saturated carbocycles. The zero-order valence-corrected chi connectivity index (χ0v) is 27.7. The van der Waals surface area contributed by atoms with Gasteiger partial charge in [-0.2, -0.15) is 18.5 Å². The number of rotatable bonds is 8. The highest BCUT2D eigenvalue weighted by atomic mass is 32.3. The van der Waals surface area contributed by atoms with Crippen LogP contribution in [-0.4, -0.2) is 98.1 Å². The predicted octanol–water partition coefficient (Wildman–Crippen LogP) is 2.11. The molecule has 6 heterocycles. The van der Waals surface area contributed by atoms with Crippen LogP contribution in [0.1, 0.15) is 125 Å². The van der Waals surface area contributed by atoms with Gasteiger partial charge in [0.25, 0.3) is 0 Å². The van der Waals surface area contributed by atoms with E-state index in [-0.39, 0.29) is 47.8 Å². The number of aromatic nitrogens is 4. The number of hydrogen-bond donors (Lipinski definition) is 2. The van der Waals surface area contributed by atoms with Crippen LogP contribution in [0.4, 0.5) is 9.59 Å². The van der Waals surface area contributed by atoms with Gasteiger partial charge in [-0.05, 0) is 87.9 Å². The van der Waals surface area contributed by atoms with Crippen molar-refractivity contribution < 1.29 is 35.4 Å². The Balaban J connectivity index is 0.855. The van der Waals surface area contributed by atoms with Gasteiger partial charge in [0.1, 0.15) is 12.1 Å². The highest BCUT2D eigenvalue weighted by Gasteiger charge is 2.67. The van der Waals surface area contributed by atoms with Crippen LogP contribution in [0.5, 0.6) is 0 Å². The van der Waals surface area contributed by atoms with Crippen LogP contribution in [0.25, 0.3) is 0 Å². The molecule has 0 aromatic carbocycles. The second kappa shape index (κ2) is 10.3. The van der Waals surface area contributed by atoms with E-state index in [1.165, 1.54) is 9.80 Å². The lowest BCUT2D eigenvalue weighted by Gasteiger charge is -2.35. The van der Waals surface area contributed by atoms with Crippen LogP contribution in [0, 0.1) is 10.8 Å². The fraction of sp³-hybridized carbons (Fsp3) is 0.800. The molecule has 264 valence electrons. The third kappa shape index (κ3) is 4.75. The molecule has 0 radical (unpaired) electrons. The summed E-state index contributed by atoms with van der Waals surface area (Å²) in [5.41, 5.74) is 11.5. The number of amides is 4. The first-order valence-electron chi connectivity index (χ1n) is 17.5. The topological polar surface area (TPSA) is 230 Å². The Morgan fingerprint density at radius 3 is 1.43 bits per heavy atom. The maximum Gasteiger partial charge on any atom is 0.442 e. The molecule has 4 saturated heterocycles. The van der Waals surface area contributed by atoms with Gasteiger partial charge in [0.2, 0.25) is 23.6 Å². The molecule has 8 atom stereocenters. The van der Waals surface area contributed by atoms with Crippen LogP contribution in [0.3, 0.4) is 0 Å². The van der Waals surface area contributed by atoms with Crippen molar-refractivity contribution in [1.82, 2.24) is 40.3 Å². The molecule has 10 rings (SSSR count). The van der Waals surface area contributed by atoms with Crippen molar-refractivity contribution in [1.29, 1.82) is 0 Å². The van der Waals surface area contributed by atoms with Gasteiger partial charge in [-0.3, -0.25) is 0 Å². The Bertz CT molecular complexity index is 1690. The summed E-state index contributed by atoms with van der Waals surface area (Å²) in [6, 6.07) is -3.08. The molecular formula is C30H40N10O8S. The van der Waals surface area contributed by atoms with Crippen molar-refractivity contribution in [2.24, 2.45) is 22.3 Å². The number of nitrogens with two attached hydrogens (primary N) is 2. The number of hydrogen-bond acceptors (Lipinski definition) is 14. The van der Waals surface area contributed by atoms with Gasteiger partial charge in [-0.15, -0.1) is 29.0 Å². The average molecular weight is 701 g/mol. The molecular weight excluding hydrogens is 660 g/mol. The zero-order valence-electron chi connectivity index (χ0n) is 26.9. The molecule has 4 N–H and O–H groups in total. The zero-order chi connectivity index (χ0) is 33.4. The first-order chi connectivity index (χ1) is 23.5. The van der Waals surface area contributed by atoms with E-state index in [2.05, 4.69) is 20.4 Å². The van der Waals surface area contributed by atoms with Crippen molar-refractivity contribution in [2.75, 3.05) is 13.1 Å². The lowest BCUT2D eigenvalue weighted by Crippen LogP contribution is -2.45. The summed E-state index contributed by atoms with van der Waals surface area (Å²) in [6.07, 6.45) is 9.35. The minimum atomic E-state index is -4.89. The van der Waals surface area contributed by atoms with Crippen LogP contribution in [0.2, 0.25) is 0 Å². The maximum absolute atomic E-state index is 13.8. The van der Waals surface area contributed by atoms with Crippen molar-refractivity contribution in [2.45, 2.75) is 125 Å². The predicted molar refractivity (Wildman–Crippen MR) is 162 cm³/mol. The third-order valence-electron chi connectivity index (χ3n) is 12.8. The molecule has 49 heavy (non-hydrogen) atoms. The fourth-order valence-corrected chi connectivity index (χ4v) is 10.4. The SMILES string of the molecule is N[C@@H]1CC[C@@H](c2nnc([C@@H]3CC4(CC4)[C@@H]4CN3C(=O)N4OS(=O)(=O)ON3C(=O)N4C[C@H]3C3(CC3)C[C@H]4c3nnc([C@@H]4CC[C@@H](N)C4)o3)o2)C1. The number of fused-ring (bicyclic) bond motifs is 6. The standard InChI is InChI=1S/C30H40N10O8S/c31-17-3-1-15(9-17)23-33-35-25(45-23)19-11-29(5-6-29)21-13-37(19)27(41)39(21)47-49(43,44)48-40-22-14-38(28(40)42)20(12-30(22)7-8-30)26-36-34-24(46-26)16-2-4-18(32)10-16/h15-22H,1-14,31-32H2/t15-,16-,17-,18-,19+,20+,21+,22+/m1/s1. The number of hydroxylamine groups is 4. The van der Waals surface area contributed by atoms with E-state index in [1.54, 1.807) is 0 Å². The Kier molecular flexibility index (Phi) is 6.42. The van der Waals surface area contributed by atoms with Gasteiger partial charge in [0, 0.05) is 37.0 Å².